The minimum Gasteiger partial charge on any atom is -0.479 e. The van der Waals surface area contributed by atoms with Crippen LogP contribution >= 0.6 is 15.9 Å². The van der Waals surface area contributed by atoms with Gasteiger partial charge in [0.1, 0.15) is 6.10 Å². The highest BCUT2D eigenvalue weighted by molar-refractivity contribution is 9.10. The summed E-state index contributed by atoms with van der Waals surface area (Å²) in [4.78, 5) is 22.8. The molecule has 2 atom stereocenters. The normalized spacial score (nSPS) is 22.2. The Bertz CT molecular complexity index is 517. The number of carbonyl (C=O) groups is 2. The van der Waals surface area contributed by atoms with Gasteiger partial charge in [0.05, 0.1) is 0 Å². The van der Waals surface area contributed by atoms with E-state index in [-0.39, 0.29) is 5.91 Å². The lowest BCUT2D eigenvalue weighted by atomic mass is 10.1. The molecule has 0 aliphatic carbocycles. The zero-order valence-electron chi connectivity index (χ0n) is 10.4. The Morgan fingerprint density at radius 1 is 1.37 bits per heavy atom. The van der Waals surface area contributed by atoms with E-state index in [2.05, 4.69) is 21.2 Å². The van der Waals surface area contributed by atoms with Crippen molar-refractivity contribution in [2.45, 2.75) is 32.0 Å². The van der Waals surface area contributed by atoms with Gasteiger partial charge in [-0.25, -0.2) is 4.79 Å². The number of halogens is 1. The summed E-state index contributed by atoms with van der Waals surface area (Å²) in [6.45, 7) is 1.88. The Kier molecular flexibility index (Phi) is 4.21. The van der Waals surface area contributed by atoms with Gasteiger partial charge >= 0.3 is 5.97 Å². The van der Waals surface area contributed by atoms with Gasteiger partial charge < -0.3 is 15.2 Å². The van der Waals surface area contributed by atoms with Crippen LogP contribution in [0.15, 0.2) is 22.7 Å². The predicted octanol–water partition coefficient (Wildman–Crippen LogP) is 2.33. The first kappa shape index (κ1) is 14.0. The fourth-order valence-corrected chi connectivity index (χ4v) is 2.33. The molecule has 1 heterocycles. The highest BCUT2D eigenvalue weighted by atomic mass is 79.9. The average molecular weight is 328 g/mol. The third-order valence-electron chi connectivity index (χ3n) is 3.11. The molecule has 1 aromatic rings. The topological polar surface area (TPSA) is 75.6 Å². The second-order valence-corrected chi connectivity index (χ2v) is 5.28. The Labute approximate surface area is 119 Å². The number of ether oxygens (including phenoxy) is 1. The van der Waals surface area contributed by atoms with E-state index in [9.17, 15) is 9.59 Å². The van der Waals surface area contributed by atoms with E-state index in [1.54, 1.807) is 6.07 Å². The maximum atomic E-state index is 12.0. The van der Waals surface area contributed by atoms with Crippen LogP contribution in [0.5, 0.6) is 0 Å². The van der Waals surface area contributed by atoms with E-state index in [1.807, 2.05) is 19.1 Å². The van der Waals surface area contributed by atoms with Crippen LogP contribution in [0.4, 0.5) is 5.69 Å². The minimum absolute atomic E-state index is 0.301. The van der Waals surface area contributed by atoms with Crippen molar-refractivity contribution in [3.05, 3.63) is 28.2 Å². The van der Waals surface area contributed by atoms with Crippen molar-refractivity contribution in [1.29, 1.82) is 0 Å². The molecule has 1 amide bonds. The standard InChI is InChI=1S/C13H14BrNO4/c1-7-8(14)3-2-4-9(7)15-12(16)10-5-6-11(19-10)13(17)18/h2-4,10-11H,5-6H2,1H3,(H,15,16)(H,17,18)/t10-,11+/m0/s1. The monoisotopic (exact) mass is 327 g/mol. The van der Waals surface area contributed by atoms with Gasteiger partial charge in [0.15, 0.2) is 6.10 Å². The fraction of sp³-hybridized carbons (Fsp3) is 0.385. The summed E-state index contributed by atoms with van der Waals surface area (Å²) in [6.07, 6.45) is -0.778. The first-order chi connectivity index (χ1) is 8.99. The third kappa shape index (κ3) is 3.13. The molecule has 0 spiro atoms. The van der Waals surface area contributed by atoms with Crippen LogP contribution in [0.2, 0.25) is 0 Å². The van der Waals surface area contributed by atoms with Gasteiger partial charge in [-0.3, -0.25) is 4.79 Å². The number of amides is 1. The Morgan fingerprint density at radius 3 is 2.68 bits per heavy atom. The van der Waals surface area contributed by atoms with Gasteiger partial charge in [0, 0.05) is 10.2 Å². The summed E-state index contributed by atoms with van der Waals surface area (Å²) in [5.74, 6) is -1.32. The van der Waals surface area contributed by atoms with Crippen LogP contribution in [0, 0.1) is 6.92 Å². The predicted molar refractivity (Wildman–Crippen MR) is 73.0 cm³/mol. The average Bonchev–Trinajstić information content (AvgIpc) is 2.84. The number of benzene rings is 1. The molecule has 5 nitrogen and oxygen atoms in total. The fourth-order valence-electron chi connectivity index (χ4n) is 1.97. The molecule has 0 saturated carbocycles. The SMILES string of the molecule is Cc1c(Br)cccc1NC(=O)[C@@H]1CC[C@H](C(=O)O)O1. The lowest BCUT2D eigenvalue weighted by Crippen LogP contribution is -2.30. The van der Waals surface area contributed by atoms with Crippen LogP contribution in [0.25, 0.3) is 0 Å². The molecule has 1 saturated heterocycles. The molecule has 1 aromatic carbocycles. The van der Waals surface area contributed by atoms with Gasteiger partial charge in [-0.05, 0) is 37.5 Å². The Balaban J connectivity index is 2.02. The van der Waals surface area contributed by atoms with E-state index >= 15 is 0 Å². The lowest BCUT2D eigenvalue weighted by Gasteiger charge is -2.14. The number of carboxylic acid groups (broad SMARTS) is 1. The van der Waals surface area contributed by atoms with Crippen molar-refractivity contribution >= 4 is 33.5 Å². The maximum Gasteiger partial charge on any atom is 0.332 e. The van der Waals surface area contributed by atoms with Gasteiger partial charge in [-0.15, -0.1) is 0 Å². The largest absolute Gasteiger partial charge is 0.479 e. The number of carbonyl (C=O) groups excluding carboxylic acids is 1. The van der Waals surface area contributed by atoms with Crippen LogP contribution < -0.4 is 5.32 Å². The molecule has 0 radical (unpaired) electrons. The molecule has 0 aromatic heterocycles. The molecule has 19 heavy (non-hydrogen) atoms. The first-order valence-electron chi connectivity index (χ1n) is 5.93. The number of nitrogens with one attached hydrogen (secondary N) is 1. The molecule has 2 N–H and O–H groups in total. The van der Waals surface area contributed by atoms with Crippen molar-refractivity contribution in [2.75, 3.05) is 5.32 Å². The van der Waals surface area contributed by atoms with Crippen molar-refractivity contribution in [2.24, 2.45) is 0 Å². The molecule has 1 fully saturated rings. The Hall–Kier alpha value is -1.40. The third-order valence-corrected chi connectivity index (χ3v) is 3.97. The summed E-state index contributed by atoms with van der Waals surface area (Å²) in [6, 6.07) is 5.50. The van der Waals surface area contributed by atoms with Crippen molar-refractivity contribution in [3.63, 3.8) is 0 Å². The zero-order chi connectivity index (χ0) is 14.0. The van der Waals surface area contributed by atoms with Crippen molar-refractivity contribution in [3.8, 4) is 0 Å². The summed E-state index contributed by atoms with van der Waals surface area (Å²) < 4.78 is 6.11. The van der Waals surface area contributed by atoms with E-state index in [1.165, 1.54) is 0 Å². The molecule has 2 rings (SSSR count). The smallest absolute Gasteiger partial charge is 0.332 e. The highest BCUT2D eigenvalue weighted by Crippen LogP contribution is 2.25. The molecule has 1 aliphatic rings. The molecule has 0 bridgehead atoms. The van der Waals surface area contributed by atoms with Crippen LogP contribution in [-0.4, -0.2) is 29.2 Å². The summed E-state index contributed by atoms with van der Waals surface area (Å²) in [5, 5.41) is 11.6. The van der Waals surface area contributed by atoms with Gasteiger partial charge in [0.2, 0.25) is 0 Å². The second kappa shape index (κ2) is 5.71. The number of aliphatic carboxylic acids is 1. The molecule has 102 valence electrons. The maximum absolute atomic E-state index is 12.0. The number of hydrogen-bond acceptors (Lipinski definition) is 3. The summed E-state index contributed by atoms with van der Waals surface area (Å²) in [5.41, 5.74) is 1.62. The first-order valence-corrected chi connectivity index (χ1v) is 6.72. The molecule has 0 unspecified atom stereocenters. The number of hydrogen-bond donors (Lipinski definition) is 2. The summed E-state index contributed by atoms with van der Waals surface area (Å²) in [7, 11) is 0. The highest BCUT2D eigenvalue weighted by Gasteiger charge is 2.34. The van der Waals surface area contributed by atoms with Crippen LogP contribution in [0.1, 0.15) is 18.4 Å². The zero-order valence-corrected chi connectivity index (χ0v) is 11.9. The van der Waals surface area contributed by atoms with E-state index in [0.717, 1.165) is 10.0 Å². The van der Waals surface area contributed by atoms with Crippen molar-refractivity contribution < 1.29 is 19.4 Å². The minimum atomic E-state index is -1.02. The van der Waals surface area contributed by atoms with Crippen LogP contribution in [0.3, 0.4) is 0 Å². The van der Waals surface area contributed by atoms with E-state index in [4.69, 9.17) is 9.84 Å². The second-order valence-electron chi connectivity index (χ2n) is 4.43. The number of carboxylic acids is 1. The van der Waals surface area contributed by atoms with Crippen LogP contribution in [-0.2, 0) is 14.3 Å². The molecular formula is C13H14BrNO4. The van der Waals surface area contributed by atoms with Gasteiger partial charge in [0.25, 0.3) is 5.91 Å². The van der Waals surface area contributed by atoms with E-state index < -0.39 is 18.2 Å². The van der Waals surface area contributed by atoms with Gasteiger partial charge in [-0.1, -0.05) is 22.0 Å². The molecule has 6 heteroatoms. The van der Waals surface area contributed by atoms with E-state index in [0.29, 0.717) is 18.5 Å². The molecular weight excluding hydrogens is 314 g/mol. The number of anilines is 1. The quantitative estimate of drug-likeness (QED) is 0.893. The number of rotatable bonds is 3. The molecule has 1 aliphatic heterocycles. The summed E-state index contributed by atoms with van der Waals surface area (Å²) >= 11 is 3.39. The van der Waals surface area contributed by atoms with Gasteiger partial charge in [-0.2, -0.15) is 0 Å². The Morgan fingerprint density at radius 2 is 2.05 bits per heavy atom. The lowest BCUT2D eigenvalue weighted by molar-refractivity contribution is -0.150. The van der Waals surface area contributed by atoms with Crippen molar-refractivity contribution in [1.82, 2.24) is 0 Å².